The molecule has 3 rings (SSSR count). The molecule has 0 bridgehead atoms. The predicted octanol–water partition coefficient (Wildman–Crippen LogP) is 4.37. The topological polar surface area (TPSA) is 121 Å². The standard InChI is InChI=1S/C17H16N4O5S2/c1-9(2)15-19-14(26-20-15)7-25-16(22)11-4-5-13(12(6-11)21(23)24)28-17-18-10(3)8-27-17/h4-6,8-9H,7H2,1-3H3. The number of hydrogen-bond donors (Lipinski definition) is 0. The summed E-state index contributed by atoms with van der Waals surface area (Å²) in [5.74, 6) is 0.0508. The van der Waals surface area contributed by atoms with Gasteiger partial charge in [0.05, 0.1) is 15.4 Å². The highest BCUT2D eigenvalue weighted by Gasteiger charge is 2.21. The number of nitro benzene ring substituents is 1. The fraction of sp³-hybridized carbons (Fsp3) is 0.294. The van der Waals surface area contributed by atoms with E-state index in [0.29, 0.717) is 15.1 Å². The van der Waals surface area contributed by atoms with Gasteiger partial charge in [0.15, 0.2) is 16.8 Å². The van der Waals surface area contributed by atoms with Crippen molar-refractivity contribution in [2.24, 2.45) is 0 Å². The van der Waals surface area contributed by atoms with E-state index >= 15 is 0 Å². The molecular weight excluding hydrogens is 404 g/mol. The summed E-state index contributed by atoms with van der Waals surface area (Å²) in [6, 6.07) is 4.18. The molecule has 28 heavy (non-hydrogen) atoms. The van der Waals surface area contributed by atoms with Crippen LogP contribution in [0.15, 0.2) is 37.3 Å². The summed E-state index contributed by atoms with van der Waals surface area (Å²) in [6.07, 6.45) is 0. The molecule has 0 fully saturated rings. The Morgan fingerprint density at radius 1 is 1.39 bits per heavy atom. The zero-order valence-corrected chi connectivity index (χ0v) is 16.9. The molecule has 0 unspecified atom stereocenters. The van der Waals surface area contributed by atoms with Gasteiger partial charge in [-0.15, -0.1) is 11.3 Å². The Balaban J connectivity index is 1.73. The first-order chi connectivity index (χ1) is 13.3. The summed E-state index contributed by atoms with van der Waals surface area (Å²) >= 11 is 2.58. The summed E-state index contributed by atoms with van der Waals surface area (Å²) in [5.41, 5.74) is 0.721. The van der Waals surface area contributed by atoms with Crippen molar-refractivity contribution < 1.29 is 19.0 Å². The maximum absolute atomic E-state index is 12.3. The van der Waals surface area contributed by atoms with E-state index in [1.54, 1.807) is 0 Å². The quantitative estimate of drug-likeness (QED) is 0.311. The van der Waals surface area contributed by atoms with E-state index in [4.69, 9.17) is 9.26 Å². The number of thiazole rings is 1. The van der Waals surface area contributed by atoms with Crippen LogP contribution < -0.4 is 0 Å². The first-order valence-electron chi connectivity index (χ1n) is 8.21. The monoisotopic (exact) mass is 420 g/mol. The van der Waals surface area contributed by atoms with E-state index in [9.17, 15) is 14.9 Å². The molecule has 0 saturated heterocycles. The van der Waals surface area contributed by atoms with Gasteiger partial charge < -0.3 is 9.26 Å². The minimum absolute atomic E-state index is 0.0648. The number of ether oxygens (including phenoxy) is 1. The second kappa shape index (κ2) is 8.48. The second-order valence-electron chi connectivity index (χ2n) is 6.07. The number of nitro groups is 1. The predicted molar refractivity (Wildman–Crippen MR) is 102 cm³/mol. The number of nitrogens with zero attached hydrogens (tertiary/aromatic N) is 4. The number of carbonyl (C=O) groups excluding carboxylic acids is 1. The average Bonchev–Trinajstić information content (AvgIpc) is 3.29. The molecule has 11 heteroatoms. The number of aryl methyl sites for hydroxylation is 1. The zero-order chi connectivity index (χ0) is 20.3. The van der Waals surface area contributed by atoms with Crippen LogP contribution in [0.3, 0.4) is 0 Å². The van der Waals surface area contributed by atoms with Crippen LogP contribution >= 0.6 is 23.1 Å². The molecule has 0 atom stereocenters. The molecular formula is C17H16N4O5S2. The third-order valence-corrected chi connectivity index (χ3v) is 5.64. The Kier molecular flexibility index (Phi) is 6.05. The van der Waals surface area contributed by atoms with Crippen molar-refractivity contribution in [2.45, 2.75) is 42.5 Å². The van der Waals surface area contributed by atoms with Crippen LogP contribution in [0, 0.1) is 17.0 Å². The van der Waals surface area contributed by atoms with Gasteiger partial charge in [-0.25, -0.2) is 9.78 Å². The molecule has 2 aromatic heterocycles. The molecule has 0 N–H and O–H groups in total. The SMILES string of the molecule is Cc1csc(Sc2ccc(C(=O)OCc3nc(C(C)C)no3)cc2[N+](=O)[O-])n1. The van der Waals surface area contributed by atoms with Crippen LogP contribution in [-0.2, 0) is 11.3 Å². The van der Waals surface area contributed by atoms with Crippen LogP contribution in [0.5, 0.6) is 0 Å². The molecule has 1 aromatic carbocycles. The molecule has 0 aliphatic heterocycles. The minimum atomic E-state index is -0.714. The van der Waals surface area contributed by atoms with Crippen molar-refractivity contribution in [2.75, 3.05) is 0 Å². The molecule has 9 nitrogen and oxygen atoms in total. The number of esters is 1. The van der Waals surface area contributed by atoms with E-state index in [1.165, 1.54) is 41.3 Å². The summed E-state index contributed by atoms with van der Waals surface area (Å²) in [7, 11) is 0. The van der Waals surface area contributed by atoms with Crippen LogP contribution in [0.4, 0.5) is 5.69 Å². The van der Waals surface area contributed by atoms with E-state index < -0.39 is 10.9 Å². The fourth-order valence-electron chi connectivity index (χ4n) is 2.12. The maximum Gasteiger partial charge on any atom is 0.338 e. The van der Waals surface area contributed by atoms with Gasteiger partial charge in [-0.2, -0.15) is 4.98 Å². The van der Waals surface area contributed by atoms with Gasteiger partial charge in [0.2, 0.25) is 0 Å². The summed E-state index contributed by atoms with van der Waals surface area (Å²) in [4.78, 5) is 31.9. The second-order valence-corrected chi connectivity index (χ2v) is 8.22. The fourth-order valence-corrected chi connectivity index (χ4v) is 4.00. The zero-order valence-electron chi connectivity index (χ0n) is 15.2. The average molecular weight is 420 g/mol. The highest BCUT2D eigenvalue weighted by Crippen LogP contribution is 2.36. The van der Waals surface area contributed by atoms with Gasteiger partial charge in [-0.05, 0) is 19.1 Å². The van der Waals surface area contributed by atoms with Crippen molar-refractivity contribution in [3.63, 3.8) is 0 Å². The molecule has 0 aliphatic carbocycles. The van der Waals surface area contributed by atoms with E-state index in [1.807, 2.05) is 26.2 Å². The van der Waals surface area contributed by atoms with Crippen molar-refractivity contribution in [1.29, 1.82) is 0 Å². The van der Waals surface area contributed by atoms with Crippen LogP contribution in [-0.4, -0.2) is 26.0 Å². The lowest BCUT2D eigenvalue weighted by Crippen LogP contribution is -2.06. The highest BCUT2D eigenvalue weighted by molar-refractivity contribution is 8.01. The van der Waals surface area contributed by atoms with Crippen LogP contribution in [0.1, 0.15) is 47.5 Å². The Bertz CT molecular complexity index is 1010. The number of rotatable bonds is 7. The van der Waals surface area contributed by atoms with Gasteiger partial charge in [0.25, 0.3) is 11.6 Å². The van der Waals surface area contributed by atoms with Crippen molar-refractivity contribution in [3.05, 3.63) is 56.7 Å². The van der Waals surface area contributed by atoms with E-state index in [0.717, 1.165) is 5.69 Å². The maximum atomic E-state index is 12.3. The molecule has 0 amide bonds. The molecule has 0 aliphatic rings. The first-order valence-corrected chi connectivity index (χ1v) is 9.91. The van der Waals surface area contributed by atoms with E-state index in [-0.39, 0.29) is 29.7 Å². The largest absolute Gasteiger partial charge is 0.452 e. The van der Waals surface area contributed by atoms with Crippen molar-refractivity contribution in [1.82, 2.24) is 15.1 Å². The van der Waals surface area contributed by atoms with Gasteiger partial charge in [0, 0.05) is 23.1 Å². The van der Waals surface area contributed by atoms with E-state index in [2.05, 4.69) is 15.1 Å². The van der Waals surface area contributed by atoms with Gasteiger partial charge in [0.1, 0.15) is 0 Å². The Hall–Kier alpha value is -2.79. The van der Waals surface area contributed by atoms with Gasteiger partial charge in [-0.1, -0.05) is 30.8 Å². The molecule has 0 spiro atoms. The normalized spacial score (nSPS) is 11.0. The summed E-state index contributed by atoms with van der Waals surface area (Å²) < 4.78 is 10.8. The lowest BCUT2D eigenvalue weighted by Gasteiger charge is -2.05. The Morgan fingerprint density at radius 2 is 2.18 bits per heavy atom. The molecule has 146 valence electrons. The molecule has 0 saturated carbocycles. The number of aromatic nitrogens is 3. The lowest BCUT2D eigenvalue weighted by molar-refractivity contribution is -0.387. The first kappa shape index (κ1) is 20.0. The van der Waals surface area contributed by atoms with Gasteiger partial charge in [-0.3, -0.25) is 10.1 Å². The van der Waals surface area contributed by atoms with Crippen LogP contribution in [0.2, 0.25) is 0 Å². The molecule has 2 heterocycles. The minimum Gasteiger partial charge on any atom is -0.452 e. The van der Waals surface area contributed by atoms with Gasteiger partial charge >= 0.3 is 5.97 Å². The van der Waals surface area contributed by atoms with Crippen molar-refractivity contribution >= 4 is 34.8 Å². The third kappa shape index (κ3) is 4.73. The third-order valence-electron chi connectivity index (χ3n) is 3.51. The lowest BCUT2D eigenvalue weighted by atomic mass is 10.2. The Morgan fingerprint density at radius 3 is 2.79 bits per heavy atom. The number of hydrogen-bond acceptors (Lipinski definition) is 10. The Labute approximate surface area is 168 Å². The van der Waals surface area contributed by atoms with Crippen LogP contribution in [0.25, 0.3) is 0 Å². The molecule has 3 aromatic rings. The number of benzene rings is 1. The highest BCUT2D eigenvalue weighted by atomic mass is 32.2. The van der Waals surface area contributed by atoms with Crippen molar-refractivity contribution in [3.8, 4) is 0 Å². The summed E-state index contributed by atoms with van der Waals surface area (Å²) in [6.45, 7) is 5.46. The smallest absolute Gasteiger partial charge is 0.338 e. The summed E-state index contributed by atoms with van der Waals surface area (Å²) in [5, 5.41) is 17.1. The molecule has 0 radical (unpaired) electrons. The number of carbonyl (C=O) groups is 1.